The predicted octanol–water partition coefficient (Wildman–Crippen LogP) is 3.29. The molecular formula is C13H13NO4S. The number of thiophene rings is 1. The fourth-order valence-electron chi connectivity index (χ4n) is 1.65. The normalized spacial score (nSPS) is 12.1. The van der Waals surface area contributed by atoms with E-state index >= 15 is 0 Å². The van der Waals surface area contributed by atoms with Crippen molar-refractivity contribution in [3.63, 3.8) is 0 Å². The average molecular weight is 279 g/mol. The van der Waals surface area contributed by atoms with Gasteiger partial charge in [-0.15, -0.1) is 11.3 Å². The van der Waals surface area contributed by atoms with Crippen LogP contribution in [0.25, 0.3) is 0 Å². The first-order chi connectivity index (χ1) is 9.08. The van der Waals surface area contributed by atoms with Crippen LogP contribution in [0, 0.1) is 10.1 Å². The van der Waals surface area contributed by atoms with E-state index in [-0.39, 0.29) is 5.69 Å². The van der Waals surface area contributed by atoms with E-state index in [0.29, 0.717) is 17.9 Å². The van der Waals surface area contributed by atoms with Gasteiger partial charge in [0.2, 0.25) is 0 Å². The van der Waals surface area contributed by atoms with Gasteiger partial charge >= 0.3 is 0 Å². The summed E-state index contributed by atoms with van der Waals surface area (Å²) < 4.78 is 5.61. The van der Waals surface area contributed by atoms with Gasteiger partial charge < -0.3 is 9.84 Å². The maximum atomic E-state index is 10.7. The molecular weight excluding hydrogens is 266 g/mol. The highest BCUT2D eigenvalue weighted by molar-refractivity contribution is 7.09. The lowest BCUT2D eigenvalue weighted by molar-refractivity contribution is -0.385. The quantitative estimate of drug-likeness (QED) is 0.673. The summed E-state index contributed by atoms with van der Waals surface area (Å²) in [6, 6.07) is 8.10. The van der Waals surface area contributed by atoms with Gasteiger partial charge in [-0.1, -0.05) is 6.07 Å². The minimum atomic E-state index is -0.821. The lowest BCUT2D eigenvalue weighted by Crippen LogP contribution is -2.01. The molecule has 0 aliphatic carbocycles. The van der Waals surface area contributed by atoms with Crippen LogP contribution in [0.1, 0.15) is 23.5 Å². The summed E-state index contributed by atoms with van der Waals surface area (Å²) in [5.41, 5.74) is 0.366. The van der Waals surface area contributed by atoms with E-state index in [0.717, 1.165) is 4.88 Å². The molecule has 0 saturated heterocycles. The summed E-state index contributed by atoms with van der Waals surface area (Å²) in [5.74, 6) is 0.467. The molecule has 6 heteroatoms. The molecule has 0 unspecified atom stereocenters. The number of non-ortho nitro benzene ring substituents is 1. The van der Waals surface area contributed by atoms with Gasteiger partial charge in [0.1, 0.15) is 12.4 Å². The molecule has 2 aromatic rings. The number of aliphatic hydroxyl groups excluding tert-OH is 1. The molecule has 0 saturated carbocycles. The van der Waals surface area contributed by atoms with Crippen molar-refractivity contribution in [3.05, 3.63) is 56.3 Å². The van der Waals surface area contributed by atoms with Gasteiger partial charge in [-0.05, 0) is 24.4 Å². The number of benzene rings is 1. The minimum absolute atomic E-state index is 0.0561. The van der Waals surface area contributed by atoms with E-state index in [9.17, 15) is 15.2 Å². The van der Waals surface area contributed by atoms with Crippen molar-refractivity contribution in [1.82, 2.24) is 0 Å². The zero-order valence-electron chi connectivity index (χ0n) is 10.3. The third-order valence-electron chi connectivity index (χ3n) is 2.60. The highest BCUT2D eigenvalue weighted by Gasteiger charge is 2.15. The molecule has 1 aromatic heterocycles. The lowest BCUT2D eigenvalue weighted by atomic mass is 10.1. The first-order valence-electron chi connectivity index (χ1n) is 5.69. The van der Waals surface area contributed by atoms with Crippen molar-refractivity contribution in [2.24, 2.45) is 0 Å². The van der Waals surface area contributed by atoms with E-state index in [1.54, 1.807) is 18.3 Å². The number of nitro benzene ring substituents is 1. The Bertz CT molecular complexity index is 566. The van der Waals surface area contributed by atoms with E-state index in [1.165, 1.54) is 18.2 Å². The summed E-state index contributed by atoms with van der Waals surface area (Å²) in [7, 11) is 0. The highest BCUT2D eigenvalue weighted by atomic mass is 32.1. The molecule has 1 atom stereocenters. The molecule has 0 fully saturated rings. The molecule has 0 aliphatic rings. The van der Waals surface area contributed by atoms with Gasteiger partial charge in [0.15, 0.2) is 0 Å². The first kappa shape index (κ1) is 13.5. The van der Waals surface area contributed by atoms with Gasteiger partial charge in [0.05, 0.1) is 11.0 Å². The molecule has 100 valence electrons. The highest BCUT2D eigenvalue weighted by Crippen LogP contribution is 2.30. The van der Waals surface area contributed by atoms with Crippen LogP contribution in [0.2, 0.25) is 0 Å². The van der Waals surface area contributed by atoms with E-state index in [1.807, 2.05) is 17.5 Å². The second-order valence-electron chi connectivity index (χ2n) is 4.02. The van der Waals surface area contributed by atoms with E-state index < -0.39 is 11.0 Å². The number of ether oxygens (including phenoxy) is 1. The molecule has 0 bridgehead atoms. The van der Waals surface area contributed by atoms with Crippen LogP contribution in [0.4, 0.5) is 5.69 Å². The number of nitro groups is 1. The number of rotatable bonds is 5. The lowest BCUT2D eigenvalue weighted by Gasteiger charge is -2.12. The largest absolute Gasteiger partial charge is 0.488 e. The van der Waals surface area contributed by atoms with Crippen LogP contribution in [-0.2, 0) is 6.61 Å². The average Bonchev–Trinajstić information content (AvgIpc) is 2.89. The fourth-order valence-corrected chi connectivity index (χ4v) is 2.27. The second kappa shape index (κ2) is 5.81. The molecule has 2 rings (SSSR count). The Morgan fingerprint density at radius 3 is 2.84 bits per heavy atom. The van der Waals surface area contributed by atoms with Gasteiger partial charge in [-0.25, -0.2) is 0 Å². The predicted molar refractivity (Wildman–Crippen MR) is 72.4 cm³/mol. The minimum Gasteiger partial charge on any atom is -0.488 e. The van der Waals surface area contributed by atoms with E-state index in [4.69, 9.17) is 4.74 Å². The Labute approximate surface area is 114 Å². The smallest absolute Gasteiger partial charge is 0.270 e. The Balaban J connectivity index is 2.21. The topological polar surface area (TPSA) is 72.6 Å². The monoisotopic (exact) mass is 279 g/mol. The number of aliphatic hydroxyl groups is 1. The van der Waals surface area contributed by atoms with Crippen LogP contribution < -0.4 is 4.74 Å². The Hall–Kier alpha value is -1.92. The van der Waals surface area contributed by atoms with Gasteiger partial charge in [-0.3, -0.25) is 10.1 Å². The van der Waals surface area contributed by atoms with Crippen LogP contribution in [0.5, 0.6) is 5.75 Å². The van der Waals surface area contributed by atoms with Crippen molar-refractivity contribution >= 4 is 17.0 Å². The molecule has 5 nitrogen and oxygen atoms in total. The zero-order chi connectivity index (χ0) is 13.8. The molecule has 1 aromatic carbocycles. The standard InChI is InChI=1S/C13H13NO4S/c1-9(15)12-7-10(14(16)17)4-5-13(12)18-8-11-3-2-6-19-11/h2-7,9,15H,8H2,1H3/t9-/m1/s1. The Morgan fingerprint density at radius 2 is 2.26 bits per heavy atom. The Kier molecular flexibility index (Phi) is 4.13. The van der Waals surface area contributed by atoms with Crippen molar-refractivity contribution in [2.45, 2.75) is 19.6 Å². The molecule has 0 amide bonds. The van der Waals surface area contributed by atoms with Crippen LogP contribution in [0.3, 0.4) is 0 Å². The molecule has 19 heavy (non-hydrogen) atoms. The third-order valence-corrected chi connectivity index (χ3v) is 3.45. The number of hydrogen-bond acceptors (Lipinski definition) is 5. The third kappa shape index (κ3) is 3.30. The van der Waals surface area contributed by atoms with Gasteiger partial charge in [0, 0.05) is 22.6 Å². The summed E-state index contributed by atoms with van der Waals surface area (Å²) in [6.07, 6.45) is -0.821. The SMILES string of the molecule is C[C@@H](O)c1cc([N+](=O)[O-])ccc1OCc1cccs1. The molecule has 1 heterocycles. The molecule has 0 spiro atoms. The molecule has 0 aliphatic heterocycles. The second-order valence-corrected chi connectivity index (χ2v) is 5.06. The van der Waals surface area contributed by atoms with Crippen LogP contribution in [0.15, 0.2) is 35.7 Å². The first-order valence-corrected chi connectivity index (χ1v) is 6.57. The van der Waals surface area contributed by atoms with Gasteiger partial charge in [-0.2, -0.15) is 0 Å². The maximum Gasteiger partial charge on any atom is 0.270 e. The van der Waals surface area contributed by atoms with Crippen molar-refractivity contribution in [2.75, 3.05) is 0 Å². The maximum absolute atomic E-state index is 10.7. The zero-order valence-corrected chi connectivity index (χ0v) is 11.1. The summed E-state index contributed by atoms with van der Waals surface area (Å²) in [6.45, 7) is 1.94. The summed E-state index contributed by atoms with van der Waals surface area (Å²) >= 11 is 1.57. The molecule has 1 N–H and O–H groups in total. The summed E-state index contributed by atoms with van der Waals surface area (Å²) in [5, 5.41) is 22.3. The Morgan fingerprint density at radius 1 is 1.47 bits per heavy atom. The van der Waals surface area contributed by atoms with Crippen molar-refractivity contribution in [1.29, 1.82) is 0 Å². The molecule has 0 radical (unpaired) electrons. The van der Waals surface area contributed by atoms with E-state index in [2.05, 4.69) is 0 Å². The van der Waals surface area contributed by atoms with Crippen molar-refractivity contribution in [3.8, 4) is 5.75 Å². The number of hydrogen-bond donors (Lipinski definition) is 1. The van der Waals surface area contributed by atoms with Crippen molar-refractivity contribution < 1.29 is 14.8 Å². The fraction of sp³-hybridized carbons (Fsp3) is 0.231. The summed E-state index contributed by atoms with van der Waals surface area (Å²) in [4.78, 5) is 11.3. The van der Waals surface area contributed by atoms with Crippen LogP contribution >= 0.6 is 11.3 Å². The van der Waals surface area contributed by atoms with Gasteiger partial charge in [0.25, 0.3) is 5.69 Å². The number of nitrogens with zero attached hydrogens (tertiary/aromatic N) is 1. The van der Waals surface area contributed by atoms with Crippen LogP contribution in [-0.4, -0.2) is 10.0 Å².